The lowest BCUT2D eigenvalue weighted by Gasteiger charge is -2.12. The van der Waals surface area contributed by atoms with Gasteiger partial charge in [-0.2, -0.15) is 0 Å². The molecular formula is C11H14F2N2O. The van der Waals surface area contributed by atoms with Crippen molar-refractivity contribution >= 4 is 11.6 Å². The Morgan fingerprint density at radius 1 is 1.38 bits per heavy atom. The summed E-state index contributed by atoms with van der Waals surface area (Å²) in [7, 11) is 0. The van der Waals surface area contributed by atoms with Crippen molar-refractivity contribution in [1.29, 1.82) is 0 Å². The number of amides is 1. The quantitative estimate of drug-likeness (QED) is 0.830. The van der Waals surface area contributed by atoms with Crippen molar-refractivity contribution in [3.05, 3.63) is 29.8 Å². The Labute approximate surface area is 92.6 Å². The number of hydrogen-bond donors (Lipinski definition) is 2. The summed E-state index contributed by atoms with van der Waals surface area (Å²) >= 11 is 0. The van der Waals surface area contributed by atoms with Gasteiger partial charge in [-0.1, -0.05) is 12.1 Å². The van der Waals surface area contributed by atoms with Crippen LogP contribution in [0, 0.1) is 0 Å². The normalized spacial score (nSPS) is 12.6. The Morgan fingerprint density at radius 3 is 2.38 bits per heavy atom. The molecule has 0 unspecified atom stereocenters. The number of carbonyl (C=O) groups is 1. The molecule has 88 valence electrons. The number of halogens is 2. The first-order chi connectivity index (χ1) is 7.49. The molecule has 0 aliphatic heterocycles. The largest absolute Gasteiger partial charge is 0.326 e. The van der Waals surface area contributed by atoms with E-state index in [9.17, 15) is 13.6 Å². The Morgan fingerprint density at radius 2 is 1.94 bits per heavy atom. The molecule has 1 rings (SSSR count). The van der Waals surface area contributed by atoms with Crippen LogP contribution in [0.4, 0.5) is 14.5 Å². The first kappa shape index (κ1) is 12.6. The molecule has 3 N–H and O–H groups in total. The second-order valence-electron chi connectivity index (χ2n) is 3.54. The van der Waals surface area contributed by atoms with Crippen LogP contribution in [0.25, 0.3) is 0 Å². The first-order valence-corrected chi connectivity index (χ1v) is 4.90. The van der Waals surface area contributed by atoms with Gasteiger partial charge in [0.15, 0.2) is 0 Å². The van der Waals surface area contributed by atoms with E-state index in [1.807, 2.05) is 0 Å². The fourth-order valence-electron chi connectivity index (χ4n) is 1.34. The Hall–Kier alpha value is -1.49. The average molecular weight is 228 g/mol. The summed E-state index contributed by atoms with van der Waals surface area (Å²) in [5.41, 5.74) is 6.84. The molecule has 0 bridgehead atoms. The molecule has 0 aliphatic carbocycles. The van der Waals surface area contributed by atoms with Crippen molar-refractivity contribution in [2.24, 2.45) is 5.73 Å². The predicted octanol–water partition coefficient (Wildman–Crippen LogP) is 2.30. The molecule has 0 saturated carbocycles. The van der Waals surface area contributed by atoms with Crippen molar-refractivity contribution in [3.63, 3.8) is 0 Å². The van der Waals surface area contributed by atoms with Gasteiger partial charge in [0.1, 0.15) is 0 Å². The van der Waals surface area contributed by atoms with Gasteiger partial charge >= 0.3 is 0 Å². The molecule has 1 atom stereocenters. The molecule has 0 saturated heterocycles. The highest BCUT2D eigenvalue weighted by Gasteiger charge is 2.12. The Balaban J connectivity index is 2.66. The zero-order valence-corrected chi connectivity index (χ0v) is 8.91. The van der Waals surface area contributed by atoms with Gasteiger partial charge in [0.25, 0.3) is 0 Å². The summed E-state index contributed by atoms with van der Waals surface area (Å²) in [6.07, 6.45) is -2.77. The highest BCUT2D eigenvalue weighted by Crippen LogP contribution is 2.19. The van der Waals surface area contributed by atoms with E-state index in [2.05, 4.69) is 5.32 Å². The van der Waals surface area contributed by atoms with E-state index >= 15 is 0 Å². The van der Waals surface area contributed by atoms with Crippen molar-refractivity contribution in [2.75, 3.05) is 5.32 Å². The minimum absolute atomic E-state index is 0.176. The standard InChI is InChI=1S/C11H14F2N2O/c1-7(16)15-9-4-2-8(3-5-9)10(14)6-11(12)13/h2-5,10-11H,6,14H2,1H3,(H,15,16)/t10-/m1/s1. The Kier molecular flexibility index (Phi) is 4.37. The van der Waals surface area contributed by atoms with Gasteiger partial charge in [-0.05, 0) is 17.7 Å². The number of anilines is 1. The third-order valence-electron chi connectivity index (χ3n) is 2.09. The molecule has 1 amide bonds. The van der Waals surface area contributed by atoms with E-state index in [0.717, 1.165) is 0 Å². The third kappa shape index (κ3) is 3.94. The minimum atomic E-state index is -2.41. The molecule has 1 aromatic carbocycles. The van der Waals surface area contributed by atoms with Gasteiger partial charge in [-0.3, -0.25) is 4.79 Å². The summed E-state index contributed by atoms with van der Waals surface area (Å²) in [5, 5.41) is 2.58. The number of carbonyl (C=O) groups excluding carboxylic acids is 1. The summed E-state index contributed by atoms with van der Waals surface area (Å²) in [5.74, 6) is -0.176. The summed E-state index contributed by atoms with van der Waals surface area (Å²) in [6, 6.07) is 5.88. The van der Waals surface area contributed by atoms with Crippen molar-refractivity contribution in [2.45, 2.75) is 25.8 Å². The number of hydrogen-bond acceptors (Lipinski definition) is 2. The zero-order chi connectivity index (χ0) is 12.1. The lowest BCUT2D eigenvalue weighted by Crippen LogP contribution is -2.14. The van der Waals surface area contributed by atoms with Crippen LogP contribution in [0.5, 0.6) is 0 Å². The van der Waals surface area contributed by atoms with Crippen molar-refractivity contribution in [1.82, 2.24) is 0 Å². The molecule has 1 aromatic rings. The van der Waals surface area contributed by atoms with E-state index in [1.54, 1.807) is 24.3 Å². The smallest absolute Gasteiger partial charge is 0.240 e. The first-order valence-electron chi connectivity index (χ1n) is 4.90. The summed E-state index contributed by atoms with van der Waals surface area (Å²) < 4.78 is 24.2. The average Bonchev–Trinajstić information content (AvgIpc) is 2.16. The maximum Gasteiger partial charge on any atom is 0.240 e. The number of benzene rings is 1. The molecule has 0 aliphatic rings. The molecule has 5 heteroatoms. The topological polar surface area (TPSA) is 55.1 Å². The van der Waals surface area contributed by atoms with E-state index in [1.165, 1.54) is 6.92 Å². The maximum absolute atomic E-state index is 12.1. The number of alkyl halides is 2. The lowest BCUT2D eigenvalue weighted by atomic mass is 10.0. The maximum atomic E-state index is 12.1. The van der Waals surface area contributed by atoms with Crippen LogP contribution in [0.2, 0.25) is 0 Å². The van der Waals surface area contributed by atoms with Crippen molar-refractivity contribution < 1.29 is 13.6 Å². The van der Waals surface area contributed by atoms with E-state index in [0.29, 0.717) is 11.3 Å². The van der Waals surface area contributed by atoms with Crippen LogP contribution < -0.4 is 11.1 Å². The third-order valence-corrected chi connectivity index (χ3v) is 2.09. The molecule has 0 spiro atoms. The van der Waals surface area contributed by atoms with E-state index < -0.39 is 12.5 Å². The predicted molar refractivity (Wildman–Crippen MR) is 58.3 cm³/mol. The van der Waals surface area contributed by atoms with Crippen LogP contribution in [0.15, 0.2) is 24.3 Å². The monoisotopic (exact) mass is 228 g/mol. The van der Waals surface area contributed by atoms with Crippen LogP contribution in [0.1, 0.15) is 24.9 Å². The van der Waals surface area contributed by atoms with E-state index in [4.69, 9.17) is 5.73 Å². The number of nitrogens with two attached hydrogens (primary N) is 1. The van der Waals surface area contributed by atoms with Gasteiger partial charge in [0.2, 0.25) is 12.3 Å². The molecule has 0 radical (unpaired) electrons. The van der Waals surface area contributed by atoms with Crippen LogP contribution in [0.3, 0.4) is 0 Å². The second kappa shape index (κ2) is 5.55. The summed E-state index contributed by atoms with van der Waals surface area (Å²) in [6.45, 7) is 1.40. The lowest BCUT2D eigenvalue weighted by molar-refractivity contribution is -0.114. The highest BCUT2D eigenvalue weighted by atomic mass is 19.3. The van der Waals surface area contributed by atoms with Crippen LogP contribution >= 0.6 is 0 Å². The number of nitrogens with one attached hydrogen (secondary N) is 1. The summed E-state index contributed by atoms with van der Waals surface area (Å²) in [4.78, 5) is 10.7. The van der Waals surface area contributed by atoms with Gasteiger partial charge in [-0.15, -0.1) is 0 Å². The van der Waals surface area contributed by atoms with Gasteiger partial charge in [0.05, 0.1) is 0 Å². The zero-order valence-electron chi connectivity index (χ0n) is 8.91. The fraction of sp³-hybridized carbons (Fsp3) is 0.364. The highest BCUT2D eigenvalue weighted by molar-refractivity contribution is 5.88. The second-order valence-corrected chi connectivity index (χ2v) is 3.54. The molecule has 0 fully saturated rings. The molecule has 0 heterocycles. The van der Waals surface area contributed by atoms with Gasteiger partial charge < -0.3 is 11.1 Å². The van der Waals surface area contributed by atoms with E-state index in [-0.39, 0.29) is 12.3 Å². The van der Waals surface area contributed by atoms with Crippen LogP contribution in [-0.4, -0.2) is 12.3 Å². The van der Waals surface area contributed by atoms with Crippen molar-refractivity contribution in [3.8, 4) is 0 Å². The molecule has 0 aromatic heterocycles. The Bertz CT molecular complexity index is 352. The molecule has 16 heavy (non-hydrogen) atoms. The number of rotatable bonds is 4. The minimum Gasteiger partial charge on any atom is -0.326 e. The van der Waals surface area contributed by atoms with Gasteiger partial charge in [0, 0.05) is 25.1 Å². The van der Waals surface area contributed by atoms with Gasteiger partial charge in [-0.25, -0.2) is 8.78 Å². The SMILES string of the molecule is CC(=O)Nc1ccc([C@H](N)CC(F)F)cc1. The molecule has 3 nitrogen and oxygen atoms in total. The fourth-order valence-corrected chi connectivity index (χ4v) is 1.34. The molecular weight excluding hydrogens is 214 g/mol. The van der Waals surface area contributed by atoms with Crippen LogP contribution in [-0.2, 0) is 4.79 Å².